The first kappa shape index (κ1) is 19.1. The molecule has 1 rings (SSSR count). The van der Waals surface area contributed by atoms with Crippen LogP contribution in [0.1, 0.15) is 0 Å². The molecule has 0 bridgehead atoms. The zero-order valence-corrected chi connectivity index (χ0v) is 10.6. The Bertz CT molecular complexity index is 353. The second-order valence-electron chi connectivity index (χ2n) is 2.61. The predicted octanol–water partition coefficient (Wildman–Crippen LogP) is -8.47. The Morgan fingerprint density at radius 2 is 1.65 bits per heavy atom. The van der Waals surface area contributed by atoms with E-state index in [1.807, 2.05) is 0 Å². The maximum Gasteiger partial charge on any atom is 1.00 e. The van der Waals surface area contributed by atoms with Crippen molar-refractivity contribution >= 4 is 12.6 Å². The molecule has 0 atom stereocenters. The predicted molar refractivity (Wildman–Crippen MR) is 49.3 cm³/mol. The summed E-state index contributed by atoms with van der Waals surface area (Å²) < 4.78 is 14.6. The molecule has 1 heterocycles. The number of methoxy groups -OCH3 is 3. The summed E-state index contributed by atoms with van der Waals surface area (Å²) in [4.78, 5) is 3.77. The Morgan fingerprint density at radius 3 is 2.00 bits per heavy atom. The van der Waals surface area contributed by atoms with Gasteiger partial charge in [-0.05, 0) is 5.46 Å². The molecule has 82 valence electrons. The minimum Gasteiger partial charge on any atom is -0.889 e. The molecule has 0 amide bonds. The molecular weight excluding hydrogens is 215 g/mol. The van der Waals surface area contributed by atoms with Crippen LogP contribution >= 0.6 is 0 Å². The summed E-state index contributed by atoms with van der Waals surface area (Å²) in [5.41, 5.74) is -0.181. The molecule has 0 N–H and O–H groups in total. The number of hydrogen-bond acceptors (Lipinski definition) is 6. The molecule has 0 aliphatic heterocycles. The van der Waals surface area contributed by atoms with Gasteiger partial charge in [-0.25, -0.2) is 4.98 Å². The molecule has 1 aromatic rings. The number of nitrogens with zero attached hydrogens (tertiary/aromatic N) is 1. The maximum atomic E-state index is 10.9. The standard InChI is InChI=1S/C8H10BNO5.2Li/c1-13-5-4-10-8(15-3)6(9(11)12)7(5)14-2;;/h4H,1-3H3;;/q-2;2*+1. The van der Waals surface area contributed by atoms with Gasteiger partial charge in [-0.2, -0.15) is 0 Å². The van der Waals surface area contributed by atoms with Crippen molar-refractivity contribution in [2.75, 3.05) is 21.3 Å². The van der Waals surface area contributed by atoms with Crippen molar-refractivity contribution in [3.63, 3.8) is 0 Å². The van der Waals surface area contributed by atoms with E-state index in [-0.39, 0.29) is 60.6 Å². The first-order chi connectivity index (χ1) is 7.15. The molecule has 0 aromatic carbocycles. The second-order valence-corrected chi connectivity index (χ2v) is 2.61. The summed E-state index contributed by atoms with van der Waals surface area (Å²) in [6, 6.07) is 0. The van der Waals surface area contributed by atoms with E-state index in [1.54, 1.807) is 0 Å². The molecule has 0 radical (unpaired) electrons. The maximum absolute atomic E-state index is 10.9. The van der Waals surface area contributed by atoms with E-state index in [0.717, 1.165) is 0 Å². The minimum atomic E-state index is -2.24. The Kier molecular flexibility index (Phi) is 9.84. The van der Waals surface area contributed by atoms with Crippen molar-refractivity contribution in [1.82, 2.24) is 4.98 Å². The quantitative estimate of drug-likeness (QED) is 0.473. The fourth-order valence-corrected chi connectivity index (χ4v) is 1.20. The van der Waals surface area contributed by atoms with E-state index in [0.29, 0.717) is 0 Å². The molecule has 0 aliphatic carbocycles. The summed E-state index contributed by atoms with van der Waals surface area (Å²) >= 11 is 0. The first-order valence-electron chi connectivity index (χ1n) is 4.12. The van der Waals surface area contributed by atoms with Crippen LogP contribution in [0.25, 0.3) is 0 Å². The number of rotatable bonds is 4. The van der Waals surface area contributed by atoms with Crippen molar-refractivity contribution in [2.45, 2.75) is 0 Å². The summed E-state index contributed by atoms with van der Waals surface area (Å²) in [6.07, 6.45) is 1.32. The van der Waals surface area contributed by atoms with Crippen molar-refractivity contribution in [3.05, 3.63) is 6.20 Å². The number of ether oxygens (including phenoxy) is 3. The largest absolute Gasteiger partial charge is 1.00 e. The van der Waals surface area contributed by atoms with Gasteiger partial charge in [-0.1, -0.05) is 7.12 Å². The molecule has 0 aliphatic rings. The van der Waals surface area contributed by atoms with Gasteiger partial charge in [0, 0.05) is 0 Å². The van der Waals surface area contributed by atoms with Crippen LogP contribution in [0.2, 0.25) is 0 Å². The van der Waals surface area contributed by atoms with Gasteiger partial charge in [0.25, 0.3) is 0 Å². The summed E-state index contributed by atoms with van der Waals surface area (Å²) in [7, 11) is 1.81. The monoisotopic (exact) mass is 225 g/mol. The molecule has 17 heavy (non-hydrogen) atoms. The molecule has 0 saturated heterocycles. The first-order valence-corrected chi connectivity index (χ1v) is 4.12. The third-order valence-electron chi connectivity index (χ3n) is 1.85. The van der Waals surface area contributed by atoms with Gasteiger partial charge in [0.05, 0.1) is 27.5 Å². The number of pyridine rings is 1. The molecule has 0 fully saturated rings. The van der Waals surface area contributed by atoms with Crippen molar-refractivity contribution < 1.29 is 62.0 Å². The average Bonchev–Trinajstić information content (AvgIpc) is 2.26. The normalized spacial score (nSPS) is 8.53. The Balaban J connectivity index is 0. The summed E-state index contributed by atoms with van der Waals surface area (Å²) in [6.45, 7) is 0. The van der Waals surface area contributed by atoms with Crippen molar-refractivity contribution in [1.29, 1.82) is 0 Å². The Morgan fingerprint density at radius 1 is 1.06 bits per heavy atom. The molecular formula is C8H10BLi2NO5. The van der Waals surface area contributed by atoms with Gasteiger partial charge in [0.2, 0.25) is 5.88 Å². The van der Waals surface area contributed by atoms with Crippen molar-refractivity contribution in [2.24, 2.45) is 0 Å². The Labute approximate surface area is 124 Å². The third kappa shape index (κ3) is 4.15. The van der Waals surface area contributed by atoms with E-state index < -0.39 is 7.12 Å². The minimum absolute atomic E-state index is 0. The van der Waals surface area contributed by atoms with Crippen molar-refractivity contribution in [3.8, 4) is 17.4 Å². The van der Waals surface area contributed by atoms with Crippen LogP contribution in [-0.2, 0) is 0 Å². The van der Waals surface area contributed by atoms with Gasteiger partial charge in [0.15, 0.2) is 11.5 Å². The summed E-state index contributed by atoms with van der Waals surface area (Å²) in [5, 5.41) is 21.9. The summed E-state index contributed by atoms with van der Waals surface area (Å²) in [5.74, 6) is 0.256. The molecule has 0 saturated carbocycles. The van der Waals surface area contributed by atoms with Crippen LogP contribution in [0.5, 0.6) is 17.4 Å². The molecule has 9 heteroatoms. The van der Waals surface area contributed by atoms with E-state index >= 15 is 0 Å². The second kappa shape index (κ2) is 8.77. The van der Waals surface area contributed by atoms with Gasteiger partial charge in [-0.15, -0.1) is 0 Å². The van der Waals surface area contributed by atoms with Gasteiger partial charge < -0.3 is 24.3 Å². The van der Waals surface area contributed by atoms with Gasteiger partial charge in [0.1, 0.15) is 0 Å². The van der Waals surface area contributed by atoms with Crippen LogP contribution in [0.15, 0.2) is 6.20 Å². The van der Waals surface area contributed by atoms with Crippen LogP contribution in [0.4, 0.5) is 0 Å². The van der Waals surface area contributed by atoms with E-state index in [1.165, 1.54) is 27.5 Å². The molecule has 0 spiro atoms. The number of hydrogen-bond donors (Lipinski definition) is 0. The van der Waals surface area contributed by atoms with Crippen LogP contribution in [0.3, 0.4) is 0 Å². The third-order valence-corrected chi connectivity index (χ3v) is 1.85. The fraction of sp³-hybridized carbons (Fsp3) is 0.375. The van der Waals surface area contributed by atoms with Gasteiger partial charge >= 0.3 is 37.7 Å². The van der Waals surface area contributed by atoms with E-state index in [4.69, 9.17) is 14.2 Å². The SMILES string of the molecule is COc1cnc(OC)c(B([O-])[O-])c1OC.[Li+].[Li+]. The Hall–Kier alpha value is -0.270. The molecule has 6 nitrogen and oxygen atoms in total. The molecule has 0 unspecified atom stereocenters. The van der Waals surface area contributed by atoms with Crippen LogP contribution in [-0.4, -0.2) is 33.4 Å². The molecule has 1 aromatic heterocycles. The van der Waals surface area contributed by atoms with E-state index in [2.05, 4.69) is 4.98 Å². The average molecular weight is 225 g/mol. The number of aromatic nitrogens is 1. The fourth-order valence-electron chi connectivity index (χ4n) is 1.20. The van der Waals surface area contributed by atoms with E-state index in [9.17, 15) is 10.0 Å². The smallest absolute Gasteiger partial charge is 0.889 e. The zero-order chi connectivity index (χ0) is 11.4. The zero-order valence-electron chi connectivity index (χ0n) is 10.6. The topological polar surface area (TPSA) is 86.7 Å². The van der Waals surface area contributed by atoms with Crippen LogP contribution < -0.4 is 67.4 Å². The van der Waals surface area contributed by atoms with Gasteiger partial charge in [-0.3, -0.25) is 0 Å². The van der Waals surface area contributed by atoms with Crippen LogP contribution in [0, 0.1) is 0 Å².